The number of ether oxygens (including phenoxy) is 4. The molecule has 13 rings (SSSR count). The van der Waals surface area contributed by atoms with E-state index in [9.17, 15) is 13.5 Å². The van der Waals surface area contributed by atoms with Gasteiger partial charge in [-0.05, 0) is 154 Å². The van der Waals surface area contributed by atoms with Crippen LogP contribution in [-0.2, 0) is 9.05 Å². The molecule has 4 saturated carbocycles. The molecule has 0 radical (unpaired) electrons. The lowest BCUT2D eigenvalue weighted by Gasteiger charge is -2.44. The quantitative estimate of drug-likeness (QED) is 0.0977. The van der Waals surface area contributed by atoms with Gasteiger partial charge in [0.25, 0.3) is 0 Å². The van der Waals surface area contributed by atoms with Crippen LogP contribution in [0.1, 0.15) is 64.2 Å². The van der Waals surface area contributed by atoms with E-state index in [-0.39, 0.29) is 91.1 Å². The first-order chi connectivity index (χ1) is 35.6. The number of rotatable bonds is 9. The van der Waals surface area contributed by atoms with E-state index in [1.807, 2.05) is 97.1 Å². The lowest BCUT2D eigenvalue weighted by molar-refractivity contribution is -0.0323. The highest BCUT2D eigenvalue weighted by atomic mass is 35.7. The molecule has 8 bridgehead atoms. The van der Waals surface area contributed by atoms with Crippen molar-refractivity contribution in [3.63, 3.8) is 0 Å². The maximum absolute atomic E-state index is 14.2. The molecule has 5 aliphatic heterocycles. The minimum atomic E-state index is -4.31. The minimum Gasteiger partial charge on any atom is -0.490 e. The Labute approximate surface area is 433 Å². The largest absolute Gasteiger partial charge is 0.490 e. The van der Waals surface area contributed by atoms with Crippen molar-refractivity contribution in [2.24, 2.45) is 47.3 Å². The zero-order valence-corrected chi connectivity index (χ0v) is 42.6. The summed E-state index contributed by atoms with van der Waals surface area (Å²) in [6, 6.07) is 39.7. The number of halogens is 1. The van der Waals surface area contributed by atoms with Crippen molar-refractivity contribution in [3.05, 3.63) is 121 Å². The van der Waals surface area contributed by atoms with Crippen LogP contribution in [-0.4, -0.2) is 98.6 Å². The number of para-hydroxylation sites is 4. The average Bonchev–Trinajstić information content (AvgIpc) is 4.12. The summed E-state index contributed by atoms with van der Waals surface area (Å²) < 4.78 is 55.1. The first kappa shape index (κ1) is 48.6. The van der Waals surface area contributed by atoms with E-state index in [1.165, 1.54) is 0 Å². The van der Waals surface area contributed by atoms with Crippen LogP contribution in [0.15, 0.2) is 121 Å². The zero-order chi connectivity index (χ0) is 49.2. The van der Waals surface area contributed by atoms with Gasteiger partial charge in [-0.2, -0.15) is 0 Å². The molecule has 0 amide bonds. The number of aliphatic hydroxyl groups excluding tert-OH is 1. The number of hydrogen-bond acceptors (Lipinski definition) is 15. The predicted octanol–water partition coefficient (Wildman–Crippen LogP) is 5.35. The van der Waals surface area contributed by atoms with Gasteiger partial charge in [-0.15, -0.1) is 0 Å². The molecular weight excluding hydrogens is 964 g/mol. The van der Waals surface area contributed by atoms with Gasteiger partial charge >= 0.3 is 0 Å². The maximum Gasteiger partial charge on any atom is 0.239 e. The number of benzene rings is 4. The second-order valence-electron chi connectivity index (χ2n) is 22.6. The van der Waals surface area contributed by atoms with Crippen LogP contribution < -0.4 is 61.5 Å². The summed E-state index contributed by atoms with van der Waals surface area (Å²) >= 11 is 0. The molecule has 4 aromatic rings. The van der Waals surface area contributed by atoms with E-state index in [1.54, 1.807) is 12.1 Å². The standard InChI is InChI=1S/C56H71ClN8O7S/c57-73(67,68)48-46-44(30-45(66)47(48)72-34-19-11-4-12-20-34)55-63-54-42-28-36(70-32-15-7-2-8-16-32)22-25-39(42)50(61-54)59-52-41-27-35(69-31-13-5-1-6-14-31)21-24-38(41)49(58-52)60-53-43-29-37(71-33-17-9-3-10-18-33)23-26-40(43)51(62-53)64-56(46)65-55/h1-20,35-56,58-66H,21-30H2. The van der Waals surface area contributed by atoms with Gasteiger partial charge in [0.2, 0.25) is 9.05 Å². The Kier molecular flexibility index (Phi) is 13.6. The zero-order valence-electron chi connectivity index (χ0n) is 41.0. The highest BCUT2D eigenvalue weighted by Crippen LogP contribution is 2.49. The lowest BCUT2D eigenvalue weighted by Crippen LogP contribution is -2.62. The molecule has 9 N–H and O–H groups in total. The molecule has 4 aromatic carbocycles. The van der Waals surface area contributed by atoms with Crippen molar-refractivity contribution in [1.29, 1.82) is 0 Å². The molecule has 9 fully saturated rings. The second-order valence-corrected chi connectivity index (χ2v) is 25.4. The first-order valence-electron chi connectivity index (χ1n) is 27.2. The number of fused-ring (bicyclic) bond motifs is 20. The van der Waals surface area contributed by atoms with E-state index < -0.39 is 38.6 Å². The van der Waals surface area contributed by atoms with Gasteiger partial charge in [0.1, 0.15) is 34.4 Å². The fraction of sp³-hybridized carbons (Fsp3) is 0.571. The summed E-state index contributed by atoms with van der Waals surface area (Å²) in [4.78, 5) is 0. The van der Waals surface area contributed by atoms with E-state index >= 15 is 0 Å². The van der Waals surface area contributed by atoms with Gasteiger partial charge in [0.15, 0.2) is 0 Å². The van der Waals surface area contributed by atoms with E-state index in [4.69, 9.17) is 29.6 Å². The van der Waals surface area contributed by atoms with Crippen molar-refractivity contribution < 1.29 is 32.5 Å². The third-order valence-corrected chi connectivity index (χ3v) is 20.4. The Morgan fingerprint density at radius 1 is 0.384 bits per heavy atom. The summed E-state index contributed by atoms with van der Waals surface area (Å²) in [6.07, 6.45) is 5.27. The maximum atomic E-state index is 14.2. The highest BCUT2D eigenvalue weighted by molar-refractivity contribution is 8.14. The Hall–Kier alpha value is -4.04. The molecule has 73 heavy (non-hydrogen) atoms. The Balaban J connectivity index is 0.858. The molecule has 17 heteroatoms. The van der Waals surface area contributed by atoms with Crippen molar-refractivity contribution in [3.8, 4) is 23.0 Å². The van der Waals surface area contributed by atoms with Crippen LogP contribution in [0.5, 0.6) is 23.0 Å². The Morgan fingerprint density at radius 3 is 1.03 bits per heavy atom. The molecule has 0 spiro atoms. The lowest BCUT2D eigenvalue weighted by atomic mass is 9.74. The van der Waals surface area contributed by atoms with Crippen LogP contribution in [0, 0.1) is 47.3 Å². The van der Waals surface area contributed by atoms with Crippen LogP contribution in [0.2, 0.25) is 0 Å². The summed E-state index contributed by atoms with van der Waals surface area (Å²) in [7, 11) is 2.33. The molecule has 9 aliphatic rings. The monoisotopic (exact) mass is 1030 g/mol. The fourth-order valence-corrected chi connectivity index (χ4v) is 17.4. The normalized spacial score (nSPS) is 42.9. The van der Waals surface area contributed by atoms with Crippen molar-refractivity contribution >= 4 is 19.7 Å². The van der Waals surface area contributed by atoms with Gasteiger partial charge in [0, 0.05) is 16.6 Å². The third kappa shape index (κ3) is 9.88. The van der Waals surface area contributed by atoms with E-state index in [2.05, 4.69) is 54.7 Å². The summed E-state index contributed by atoms with van der Waals surface area (Å²) in [6.45, 7) is 0. The second kappa shape index (κ2) is 20.5. The Morgan fingerprint density at radius 2 is 0.685 bits per heavy atom. The SMILES string of the molecule is O=S(=O)(Cl)C1C(Oc2ccccc2)C(O)CC2C3NC4NC(NC5NC(NC6NC(NC(N3)C21)C1CCC(Oc2ccccc2)CC61)C1CCC(Oc2ccccc2)CC51)C1CCC(Oc2ccccc2)CC41. The topological polar surface area (TPSA) is 188 Å². The first-order valence-corrected chi connectivity index (χ1v) is 29.6. The van der Waals surface area contributed by atoms with E-state index in [0.29, 0.717) is 24.0 Å². The number of hydrogen-bond donors (Lipinski definition) is 9. The molecule has 15 nitrogen and oxygen atoms in total. The fourth-order valence-electron chi connectivity index (χ4n) is 15.4. The number of aliphatic hydroxyl groups is 1. The van der Waals surface area contributed by atoms with Gasteiger partial charge in [-0.3, -0.25) is 42.5 Å². The molecular formula is C56H71ClN8O7S. The molecule has 5 heterocycles. The van der Waals surface area contributed by atoms with Crippen LogP contribution in [0.3, 0.4) is 0 Å². The Bertz CT molecular complexity index is 2600. The summed E-state index contributed by atoms with van der Waals surface area (Å²) in [5.74, 6) is 3.79. The molecule has 390 valence electrons. The summed E-state index contributed by atoms with van der Waals surface area (Å²) in [5, 5.41) is 43.8. The third-order valence-electron chi connectivity index (χ3n) is 18.5. The van der Waals surface area contributed by atoms with Crippen LogP contribution in [0.25, 0.3) is 0 Å². The molecule has 22 unspecified atom stereocenters. The van der Waals surface area contributed by atoms with Crippen LogP contribution in [0.4, 0.5) is 0 Å². The average molecular weight is 1040 g/mol. The van der Waals surface area contributed by atoms with E-state index in [0.717, 1.165) is 75.0 Å². The molecule has 22 atom stereocenters. The van der Waals surface area contributed by atoms with Crippen LogP contribution >= 0.6 is 10.7 Å². The van der Waals surface area contributed by atoms with Gasteiger partial charge in [-0.25, -0.2) is 8.42 Å². The van der Waals surface area contributed by atoms with Gasteiger partial charge in [0.05, 0.1) is 73.7 Å². The molecule has 5 saturated heterocycles. The summed E-state index contributed by atoms with van der Waals surface area (Å²) in [5.41, 5.74) is 0. The van der Waals surface area contributed by atoms with Gasteiger partial charge < -0.3 is 24.1 Å². The molecule has 4 aliphatic carbocycles. The van der Waals surface area contributed by atoms with Gasteiger partial charge in [-0.1, -0.05) is 72.8 Å². The van der Waals surface area contributed by atoms with Crippen molar-refractivity contribution in [2.45, 2.75) is 149 Å². The molecule has 0 aromatic heterocycles. The van der Waals surface area contributed by atoms with Crippen molar-refractivity contribution in [1.82, 2.24) is 42.5 Å². The minimum absolute atomic E-state index is 0.00232. The smallest absolute Gasteiger partial charge is 0.239 e. The number of nitrogens with one attached hydrogen (secondary N) is 8. The highest BCUT2D eigenvalue weighted by Gasteiger charge is 2.62. The van der Waals surface area contributed by atoms with Crippen molar-refractivity contribution in [2.75, 3.05) is 0 Å². The predicted molar refractivity (Wildman–Crippen MR) is 277 cm³/mol.